The minimum absolute atomic E-state index is 0.239. The van der Waals surface area contributed by atoms with Crippen molar-refractivity contribution in [2.45, 2.75) is 44.6 Å². The molecule has 1 saturated heterocycles. The summed E-state index contributed by atoms with van der Waals surface area (Å²) in [5.74, 6) is 0.612. The van der Waals surface area contributed by atoms with Crippen molar-refractivity contribution in [2.75, 3.05) is 13.1 Å². The van der Waals surface area contributed by atoms with Crippen LogP contribution in [0.3, 0.4) is 0 Å². The largest absolute Gasteiger partial charge is 0.342 e. The molecule has 14 heavy (non-hydrogen) atoms. The van der Waals surface area contributed by atoms with Gasteiger partial charge >= 0.3 is 0 Å². The Morgan fingerprint density at radius 1 is 1.14 bits per heavy atom. The smallest absolute Gasteiger partial charge is 0.225 e. The zero-order valence-corrected chi connectivity index (χ0v) is 8.74. The van der Waals surface area contributed by atoms with Gasteiger partial charge in [-0.25, -0.2) is 0 Å². The number of nitrogens with zero attached hydrogens (tertiary/aromatic N) is 1. The van der Waals surface area contributed by atoms with Gasteiger partial charge in [-0.2, -0.15) is 0 Å². The van der Waals surface area contributed by atoms with Crippen LogP contribution in [0.2, 0.25) is 0 Å². The van der Waals surface area contributed by atoms with Crippen molar-refractivity contribution in [3.63, 3.8) is 0 Å². The SMILES string of the molecule is N[C@@H]1CC[C@@H](C(=O)N2CCCCC2)C1. The first-order valence-corrected chi connectivity index (χ1v) is 5.82. The number of likely N-dealkylation sites (tertiary alicyclic amines) is 1. The average molecular weight is 196 g/mol. The molecule has 0 radical (unpaired) electrons. The molecule has 1 amide bonds. The first-order valence-electron chi connectivity index (χ1n) is 5.82. The molecule has 1 heterocycles. The Morgan fingerprint density at radius 3 is 2.43 bits per heavy atom. The molecule has 2 aliphatic rings. The molecule has 1 aliphatic carbocycles. The molecule has 3 nitrogen and oxygen atoms in total. The van der Waals surface area contributed by atoms with Crippen LogP contribution in [0.1, 0.15) is 38.5 Å². The molecule has 0 unspecified atom stereocenters. The van der Waals surface area contributed by atoms with E-state index in [0.717, 1.165) is 32.4 Å². The average Bonchev–Trinajstić information content (AvgIpc) is 2.65. The van der Waals surface area contributed by atoms with Crippen molar-refractivity contribution < 1.29 is 4.79 Å². The molecular weight excluding hydrogens is 176 g/mol. The Hall–Kier alpha value is -0.570. The highest BCUT2D eigenvalue weighted by atomic mass is 16.2. The molecule has 2 atom stereocenters. The quantitative estimate of drug-likeness (QED) is 0.683. The number of hydrogen-bond acceptors (Lipinski definition) is 2. The summed E-state index contributed by atoms with van der Waals surface area (Å²) in [4.78, 5) is 14.1. The number of piperidine rings is 1. The van der Waals surface area contributed by atoms with Crippen LogP contribution in [0.25, 0.3) is 0 Å². The fourth-order valence-corrected chi connectivity index (χ4v) is 2.61. The van der Waals surface area contributed by atoms with Gasteiger partial charge in [-0.1, -0.05) is 0 Å². The summed E-state index contributed by atoms with van der Waals surface area (Å²) < 4.78 is 0. The third-order valence-electron chi connectivity index (χ3n) is 3.49. The first-order chi connectivity index (χ1) is 6.77. The molecule has 2 N–H and O–H groups in total. The van der Waals surface area contributed by atoms with Crippen LogP contribution in [-0.4, -0.2) is 29.9 Å². The van der Waals surface area contributed by atoms with E-state index in [1.807, 2.05) is 4.90 Å². The van der Waals surface area contributed by atoms with Crippen molar-refractivity contribution in [1.82, 2.24) is 4.90 Å². The zero-order valence-electron chi connectivity index (χ0n) is 8.74. The third-order valence-corrected chi connectivity index (χ3v) is 3.49. The van der Waals surface area contributed by atoms with E-state index in [1.54, 1.807) is 0 Å². The van der Waals surface area contributed by atoms with Gasteiger partial charge in [0, 0.05) is 25.0 Å². The maximum atomic E-state index is 12.0. The summed E-state index contributed by atoms with van der Waals surface area (Å²) in [5, 5.41) is 0. The minimum atomic E-state index is 0.239. The lowest BCUT2D eigenvalue weighted by Crippen LogP contribution is -2.39. The van der Waals surface area contributed by atoms with E-state index in [0.29, 0.717) is 5.91 Å². The molecule has 0 spiro atoms. The summed E-state index contributed by atoms with van der Waals surface area (Å²) in [6, 6.07) is 0.272. The highest BCUT2D eigenvalue weighted by molar-refractivity contribution is 5.79. The van der Waals surface area contributed by atoms with Crippen LogP contribution in [-0.2, 0) is 4.79 Å². The molecular formula is C11H20N2O. The number of carbonyl (C=O) groups is 1. The monoisotopic (exact) mass is 196 g/mol. The Bertz CT molecular complexity index is 205. The van der Waals surface area contributed by atoms with Crippen LogP contribution < -0.4 is 5.73 Å². The van der Waals surface area contributed by atoms with Gasteiger partial charge < -0.3 is 10.6 Å². The van der Waals surface area contributed by atoms with E-state index in [2.05, 4.69) is 0 Å². The summed E-state index contributed by atoms with van der Waals surface area (Å²) in [5.41, 5.74) is 5.82. The summed E-state index contributed by atoms with van der Waals surface area (Å²) in [6.45, 7) is 1.95. The third kappa shape index (κ3) is 2.08. The van der Waals surface area contributed by atoms with Crippen molar-refractivity contribution in [3.8, 4) is 0 Å². The fourth-order valence-electron chi connectivity index (χ4n) is 2.61. The van der Waals surface area contributed by atoms with Crippen molar-refractivity contribution in [3.05, 3.63) is 0 Å². The van der Waals surface area contributed by atoms with Crippen LogP contribution in [0.4, 0.5) is 0 Å². The van der Waals surface area contributed by atoms with Crippen molar-refractivity contribution in [1.29, 1.82) is 0 Å². The summed E-state index contributed by atoms with van der Waals surface area (Å²) in [6.07, 6.45) is 6.61. The summed E-state index contributed by atoms with van der Waals surface area (Å²) >= 11 is 0. The molecule has 0 bridgehead atoms. The van der Waals surface area contributed by atoms with Gasteiger partial charge in [0.25, 0.3) is 0 Å². The zero-order chi connectivity index (χ0) is 9.97. The molecule has 1 aliphatic heterocycles. The molecule has 2 rings (SSSR count). The van der Waals surface area contributed by atoms with Gasteiger partial charge in [0.2, 0.25) is 5.91 Å². The number of amides is 1. The second kappa shape index (κ2) is 4.30. The Balaban J connectivity index is 1.87. The highest BCUT2D eigenvalue weighted by Crippen LogP contribution is 2.27. The van der Waals surface area contributed by atoms with E-state index >= 15 is 0 Å². The second-order valence-electron chi connectivity index (χ2n) is 4.66. The fraction of sp³-hybridized carbons (Fsp3) is 0.909. The topological polar surface area (TPSA) is 46.3 Å². The van der Waals surface area contributed by atoms with Gasteiger partial charge in [0.15, 0.2) is 0 Å². The Kier molecular flexibility index (Phi) is 3.06. The minimum Gasteiger partial charge on any atom is -0.342 e. The molecule has 3 heteroatoms. The molecule has 1 saturated carbocycles. The number of hydrogen-bond donors (Lipinski definition) is 1. The lowest BCUT2D eigenvalue weighted by Gasteiger charge is -2.29. The molecule has 0 aromatic rings. The van der Waals surface area contributed by atoms with E-state index in [1.165, 1.54) is 19.3 Å². The number of rotatable bonds is 1. The van der Waals surface area contributed by atoms with Crippen molar-refractivity contribution >= 4 is 5.91 Å². The molecule has 80 valence electrons. The lowest BCUT2D eigenvalue weighted by atomic mass is 10.0. The van der Waals surface area contributed by atoms with Gasteiger partial charge in [-0.15, -0.1) is 0 Å². The first kappa shape index (κ1) is 9.97. The standard InChI is InChI=1S/C11H20N2O/c12-10-5-4-9(8-10)11(14)13-6-2-1-3-7-13/h9-10H,1-8,12H2/t9-,10-/m1/s1. The number of nitrogens with two attached hydrogens (primary N) is 1. The predicted octanol–water partition coefficient (Wildman–Crippen LogP) is 1.13. The normalized spacial score (nSPS) is 33.4. The highest BCUT2D eigenvalue weighted by Gasteiger charge is 2.31. The van der Waals surface area contributed by atoms with E-state index in [4.69, 9.17) is 5.73 Å². The molecule has 2 fully saturated rings. The van der Waals surface area contributed by atoms with Crippen LogP contribution in [0, 0.1) is 5.92 Å². The maximum absolute atomic E-state index is 12.0. The Labute approximate surface area is 85.6 Å². The van der Waals surface area contributed by atoms with Crippen LogP contribution in [0.15, 0.2) is 0 Å². The van der Waals surface area contributed by atoms with Gasteiger partial charge in [0.1, 0.15) is 0 Å². The second-order valence-corrected chi connectivity index (χ2v) is 4.66. The Morgan fingerprint density at radius 2 is 1.86 bits per heavy atom. The molecule has 0 aromatic heterocycles. The van der Waals surface area contributed by atoms with Gasteiger partial charge in [-0.05, 0) is 38.5 Å². The molecule has 0 aromatic carbocycles. The lowest BCUT2D eigenvalue weighted by molar-refractivity contribution is -0.136. The van der Waals surface area contributed by atoms with E-state index in [9.17, 15) is 4.79 Å². The number of carbonyl (C=O) groups excluding carboxylic acids is 1. The van der Waals surface area contributed by atoms with Crippen molar-refractivity contribution in [2.24, 2.45) is 11.7 Å². The van der Waals surface area contributed by atoms with Crippen LogP contribution in [0.5, 0.6) is 0 Å². The predicted molar refractivity (Wildman–Crippen MR) is 55.7 cm³/mol. The van der Waals surface area contributed by atoms with E-state index < -0.39 is 0 Å². The van der Waals surface area contributed by atoms with Gasteiger partial charge in [-0.3, -0.25) is 4.79 Å². The summed E-state index contributed by atoms with van der Waals surface area (Å²) in [7, 11) is 0. The van der Waals surface area contributed by atoms with E-state index in [-0.39, 0.29) is 12.0 Å². The van der Waals surface area contributed by atoms with Gasteiger partial charge in [0.05, 0.1) is 0 Å². The maximum Gasteiger partial charge on any atom is 0.225 e. The van der Waals surface area contributed by atoms with Crippen LogP contribution >= 0.6 is 0 Å².